The van der Waals surface area contributed by atoms with Gasteiger partial charge in [0.25, 0.3) is 0 Å². The molecule has 3 unspecified atom stereocenters. The van der Waals surface area contributed by atoms with E-state index in [0.29, 0.717) is 19.0 Å². The molecule has 2 rings (SSSR count). The summed E-state index contributed by atoms with van der Waals surface area (Å²) in [5, 5.41) is 9.24. The number of aliphatic hydroxyl groups is 1. The van der Waals surface area contributed by atoms with Crippen molar-refractivity contribution in [3.63, 3.8) is 0 Å². The molecule has 0 amide bonds. The highest BCUT2D eigenvalue weighted by molar-refractivity contribution is 7.88. The minimum Gasteiger partial charge on any atom is -0.394 e. The topological polar surface area (TPSA) is 70.1 Å². The first-order valence-corrected chi connectivity index (χ1v) is 9.17. The number of aliphatic hydroxyl groups excluding tert-OH is 1. The zero-order valence-electron chi connectivity index (χ0n) is 12.4. The third-order valence-corrected chi connectivity index (χ3v) is 5.34. The molecule has 1 N–H and O–H groups in total. The van der Waals surface area contributed by atoms with Crippen LogP contribution in [0.2, 0.25) is 0 Å². The Morgan fingerprint density at radius 3 is 2.70 bits per heavy atom. The smallest absolute Gasteiger partial charge is 0.211 e. The highest BCUT2D eigenvalue weighted by Crippen LogP contribution is 2.21. The molecule has 0 aliphatic carbocycles. The van der Waals surface area contributed by atoms with Crippen LogP contribution in [0.4, 0.5) is 0 Å². The van der Waals surface area contributed by atoms with Gasteiger partial charge in [-0.2, -0.15) is 0 Å². The summed E-state index contributed by atoms with van der Waals surface area (Å²) in [6.07, 6.45) is 3.29. The molecule has 7 heteroatoms. The van der Waals surface area contributed by atoms with Crippen molar-refractivity contribution in [1.29, 1.82) is 0 Å². The lowest BCUT2D eigenvalue weighted by Crippen LogP contribution is -2.51. The fraction of sp³-hybridized carbons (Fsp3) is 1.00. The van der Waals surface area contributed by atoms with E-state index in [1.165, 1.54) is 6.26 Å². The van der Waals surface area contributed by atoms with E-state index in [1.807, 2.05) is 6.92 Å². The van der Waals surface area contributed by atoms with Crippen molar-refractivity contribution in [2.45, 2.75) is 32.0 Å². The second-order valence-corrected chi connectivity index (χ2v) is 8.08. The number of morpholine rings is 1. The third kappa shape index (κ3) is 4.39. The summed E-state index contributed by atoms with van der Waals surface area (Å²) >= 11 is 0. The fourth-order valence-electron chi connectivity index (χ4n) is 3.23. The molecule has 0 aromatic rings. The van der Waals surface area contributed by atoms with Gasteiger partial charge >= 0.3 is 0 Å². The molecule has 3 atom stereocenters. The van der Waals surface area contributed by atoms with Crippen LogP contribution < -0.4 is 0 Å². The SMILES string of the molecule is CC1CN(CC2CCCN(S(C)(=O)=O)C2)CC(CO)O1. The molecule has 2 heterocycles. The molecule has 0 bridgehead atoms. The Hall–Kier alpha value is -0.210. The molecular weight excluding hydrogens is 280 g/mol. The van der Waals surface area contributed by atoms with E-state index >= 15 is 0 Å². The van der Waals surface area contributed by atoms with Crippen LogP contribution in [-0.4, -0.2) is 80.5 Å². The van der Waals surface area contributed by atoms with Crippen LogP contribution in [0.5, 0.6) is 0 Å². The van der Waals surface area contributed by atoms with E-state index in [-0.39, 0.29) is 18.8 Å². The molecule has 2 aliphatic rings. The number of rotatable bonds is 4. The Labute approximate surface area is 121 Å². The average Bonchev–Trinajstić information content (AvgIpc) is 2.37. The normalized spacial score (nSPS) is 34.2. The summed E-state index contributed by atoms with van der Waals surface area (Å²) in [5.74, 6) is 0.378. The van der Waals surface area contributed by atoms with Crippen molar-refractivity contribution in [1.82, 2.24) is 9.21 Å². The Morgan fingerprint density at radius 2 is 2.05 bits per heavy atom. The molecule has 0 spiro atoms. The van der Waals surface area contributed by atoms with Gasteiger partial charge in [-0.1, -0.05) is 0 Å². The summed E-state index contributed by atoms with van der Waals surface area (Å²) < 4.78 is 30.5. The Bertz CT molecular complexity index is 415. The molecule has 20 heavy (non-hydrogen) atoms. The fourth-order valence-corrected chi connectivity index (χ4v) is 4.18. The molecule has 2 saturated heterocycles. The zero-order chi connectivity index (χ0) is 14.8. The molecular formula is C13H26N2O4S. The van der Waals surface area contributed by atoms with Crippen LogP contribution in [0.1, 0.15) is 19.8 Å². The monoisotopic (exact) mass is 306 g/mol. The summed E-state index contributed by atoms with van der Waals surface area (Å²) in [6.45, 7) is 5.79. The first-order chi connectivity index (χ1) is 9.38. The molecule has 0 aromatic heterocycles. The van der Waals surface area contributed by atoms with Gasteiger partial charge in [-0.05, 0) is 25.7 Å². The van der Waals surface area contributed by atoms with E-state index in [1.54, 1.807) is 4.31 Å². The Balaban J connectivity index is 1.89. The number of sulfonamides is 1. The molecule has 118 valence electrons. The molecule has 0 radical (unpaired) electrons. The predicted octanol–water partition coefficient (Wildman–Crippen LogP) is -0.260. The van der Waals surface area contributed by atoms with Crippen LogP contribution in [0.15, 0.2) is 0 Å². The molecule has 2 fully saturated rings. The number of hydrogen-bond acceptors (Lipinski definition) is 5. The van der Waals surface area contributed by atoms with Crippen LogP contribution in [0, 0.1) is 5.92 Å². The van der Waals surface area contributed by atoms with Gasteiger partial charge in [-0.15, -0.1) is 0 Å². The minimum absolute atomic E-state index is 0.0426. The lowest BCUT2D eigenvalue weighted by atomic mass is 9.98. The van der Waals surface area contributed by atoms with Gasteiger partial charge < -0.3 is 9.84 Å². The second-order valence-electron chi connectivity index (χ2n) is 6.10. The quantitative estimate of drug-likeness (QED) is 0.775. The first-order valence-electron chi connectivity index (χ1n) is 7.32. The van der Waals surface area contributed by atoms with Gasteiger partial charge in [-0.3, -0.25) is 4.90 Å². The van der Waals surface area contributed by atoms with Crippen LogP contribution in [0.25, 0.3) is 0 Å². The number of hydrogen-bond donors (Lipinski definition) is 1. The van der Waals surface area contributed by atoms with Crippen LogP contribution in [0.3, 0.4) is 0 Å². The van der Waals surface area contributed by atoms with Gasteiger partial charge in [0.1, 0.15) is 0 Å². The highest BCUT2D eigenvalue weighted by Gasteiger charge is 2.30. The van der Waals surface area contributed by atoms with E-state index in [2.05, 4.69) is 4.90 Å². The summed E-state index contributed by atoms with van der Waals surface area (Å²) in [4.78, 5) is 2.30. The first kappa shape index (κ1) is 16.2. The van der Waals surface area contributed by atoms with Crippen molar-refractivity contribution >= 4 is 10.0 Å². The Morgan fingerprint density at radius 1 is 1.30 bits per heavy atom. The molecule has 0 saturated carbocycles. The summed E-state index contributed by atoms with van der Waals surface area (Å²) in [6, 6.07) is 0. The molecule has 6 nitrogen and oxygen atoms in total. The van der Waals surface area contributed by atoms with Gasteiger partial charge in [-0.25, -0.2) is 12.7 Å². The van der Waals surface area contributed by atoms with Crippen molar-refractivity contribution in [2.24, 2.45) is 5.92 Å². The maximum Gasteiger partial charge on any atom is 0.211 e. The van der Waals surface area contributed by atoms with E-state index < -0.39 is 10.0 Å². The summed E-state index contributed by atoms with van der Waals surface area (Å²) in [7, 11) is -3.08. The lowest BCUT2D eigenvalue weighted by Gasteiger charge is -2.39. The maximum absolute atomic E-state index is 11.6. The molecule has 0 aromatic carbocycles. The maximum atomic E-state index is 11.6. The molecule has 2 aliphatic heterocycles. The van der Waals surface area contributed by atoms with Gasteiger partial charge in [0.2, 0.25) is 10.0 Å². The van der Waals surface area contributed by atoms with Crippen molar-refractivity contribution in [2.75, 3.05) is 45.6 Å². The van der Waals surface area contributed by atoms with Crippen LogP contribution in [-0.2, 0) is 14.8 Å². The standard InChI is InChI=1S/C13H26N2O4S/c1-11-6-14(9-13(10-16)19-11)7-12-4-3-5-15(8-12)20(2,17)18/h11-13,16H,3-10H2,1-2H3. The predicted molar refractivity (Wildman–Crippen MR) is 77.0 cm³/mol. The number of ether oxygens (including phenoxy) is 1. The highest BCUT2D eigenvalue weighted by atomic mass is 32.2. The average molecular weight is 306 g/mol. The van der Waals surface area contributed by atoms with Gasteiger partial charge in [0.15, 0.2) is 0 Å². The van der Waals surface area contributed by atoms with Crippen LogP contribution >= 0.6 is 0 Å². The van der Waals surface area contributed by atoms with E-state index in [0.717, 1.165) is 32.5 Å². The third-order valence-electron chi connectivity index (χ3n) is 4.07. The largest absolute Gasteiger partial charge is 0.394 e. The Kier molecular flexibility index (Phi) is 5.42. The van der Waals surface area contributed by atoms with E-state index in [9.17, 15) is 13.5 Å². The van der Waals surface area contributed by atoms with Crippen molar-refractivity contribution in [3.05, 3.63) is 0 Å². The zero-order valence-corrected chi connectivity index (χ0v) is 13.2. The van der Waals surface area contributed by atoms with Crippen molar-refractivity contribution in [3.8, 4) is 0 Å². The lowest BCUT2D eigenvalue weighted by molar-refractivity contribution is -0.0987. The van der Waals surface area contributed by atoms with Crippen molar-refractivity contribution < 1.29 is 18.3 Å². The van der Waals surface area contributed by atoms with E-state index in [4.69, 9.17) is 4.74 Å². The van der Waals surface area contributed by atoms with Gasteiger partial charge in [0, 0.05) is 32.7 Å². The number of piperidine rings is 1. The number of nitrogens with zero attached hydrogens (tertiary/aromatic N) is 2. The second kappa shape index (κ2) is 6.70. The van der Waals surface area contributed by atoms with Gasteiger partial charge in [0.05, 0.1) is 25.1 Å². The summed E-state index contributed by atoms with van der Waals surface area (Å²) in [5.41, 5.74) is 0. The minimum atomic E-state index is -3.08.